The van der Waals surface area contributed by atoms with Crippen molar-refractivity contribution >= 4 is 29.3 Å². The number of thioether (sulfide) groups is 1. The average molecular weight is 351 g/mol. The van der Waals surface area contributed by atoms with Gasteiger partial charge in [0.1, 0.15) is 5.75 Å². The monoisotopic (exact) mass is 350 g/mol. The predicted molar refractivity (Wildman–Crippen MR) is 93.4 cm³/mol. The van der Waals surface area contributed by atoms with E-state index in [1.165, 1.54) is 11.8 Å². The van der Waals surface area contributed by atoms with E-state index in [9.17, 15) is 4.79 Å². The summed E-state index contributed by atoms with van der Waals surface area (Å²) in [7, 11) is 0. The number of carbonyl (C=O) groups is 1. The molecular formula is C17H19ClN2O2S. The van der Waals surface area contributed by atoms with Crippen LogP contribution in [0.15, 0.2) is 23.4 Å². The Morgan fingerprint density at radius 2 is 1.87 bits per heavy atom. The minimum Gasteiger partial charge on any atom is -0.425 e. The van der Waals surface area contributed by atoms with Gasteiger partial charge in [-0.25, -0.2) is 9.97 Å². The molecular weight excluding hydrogens is 332 g/mol. The third-order valence-corrected chi connectivity index (χ3v) is 4.33. The third kappa shape index (κ3) is 4.69. The van der Waals surface area contributed by atoms with Crippen molar-refractivity contribution in [1.82, 2.24) is 9.97 Å². The van der Waals surface area contributed by atoms with Gasteiger partial charge in [0.25, 0.3) is 0 Å². The zero-order valence-electron chi connectivity index (χ0n) is 13.6. The standard InChI is InChI=1S/C17H19ClN2O2S/c1-10-5-7-14(18)15(9-10)22-16(21)8-6-13-11(2)19-17(23-4)20-12(13)3/h5,7,9H,6,8H2,1-4H3. The minimum absolute atomic E-state index is 0.258. The third-order valence-electron chi connectivity index (χ3n) is 3.47. The summed E-state index contributed by atoms with van der Waals surface area (Å²) in [5.74, 6) is 0.0873. The van der Waals surface area contributed by atoms with E-state index in [0.29, 0.717) is 17.2 Å². The van der Waals surface area contributed by atoms with Gasteiger partial charge in [-0.05, 0) is 56.7 Å². The molecule has 1 aromatic carbocycles. The van der Waals surface area contributed by atoms with Crippen LogP contribution in [-0.2, 0) is 11.2 Å². The molecule has 2 aromatic rings. The maximum atomic E-state index is 12.1. The lowest BCUT2D eigenvalue weighted by Gasteiger charge is -2.10. The molecule has 0 atom stereocenters. The van der Waals surface area contributed by atoms with E-state index in [1.54, 1.807) is 12.1 Å². The molecule has 0 aliphatic heterocycles. The fourth-order valence-corrected chi connectivity index (χ4v) is 2.86. The lowest BCUT2D eigenvalue weighted by Crippen LogP contribution is -2.11. The SMILES string of the molecule is CSc1nc(C)c(CCC(=O)Oc2cc(C)ccc2Cl)c(C)n1. The normalized spacial score (nSPS) is 10.7. The van der Waals surface area contributed by atoms with Crippen LogP contribution in [0.4, 0.5) is 0 Å². The summed E-state index contributed by atoms with van der Waals surface area (Å²) >= 11 is 7.55. The van der Waals surface area contributed by atoms with Crippen molar-refractivity contribution in [1.29, 1.82) is 0 Å². The molecule has 1 aromatic heterocycles. The summed E-state index contributed by atoms with van der Waals surface area (Å²) < 4.78 is 5.36. The van der Waals surface area contributed by atoms with Gasteiger partial charge >= 0.3 is 5.97 Å². The Bertz CT molecular complexity index is 712. The summed E-state index contributed by atoms with van der Waals surface area (Å²) in [6.45, 7) is 5.80. The van der Waals surface area contributed by atoms with Gasteiger partial charge in [-0.1, -0.05) is 29.4 Å². The van der Waals surface area contributed by atoms with Crippen molar-refractivity contribution in [2.24, 2.45) is 0 Å². The van der Waals surface area contributed by atoms with Crippen molar-refractivity contribution in [2.75, 3.05) is 6.26 Å². The quantitative estimate of drug-likeness (QED) is 0.348. The van der Waals surface area contributed by atoms with Crippen LogP contribution in [0.5, 0.6) is 5.75 Å². The Kier molecular flexibility index (Phi) is 6.02. The topological polar surface area (TPSA) is 52.1 Å². The first-order chi connectivity index (χ1) is 10.9. The molecule has 0 amide bonds. The van der Waals surface area contributed by atoms with Crippen LogP contribution in [0.3, 0.4) is 0 Å². The molecule has 0 aliphatic rings. The first kappa shape index (κ1) is 17.8. The molecule has 0 bridgehead atoms. The van der Waals surface area contributed by atoms with E-state index in [2.05, 4.69) is 9.97 Å². The zero-order valence-corrected chi connectivity index (χ0v) is 15.2. The van der Waals surface area contributed by atoms with Crippen molar-refractivity contribution in [3.8, 4) is 5.75 Å². The van der Waals surface area contributed by atoms with Crippen LogP contribution in [0, 0.1) is 20.8 Å². The number of rotatable bonds is 5. The van der Waals surface area contributed by atoms with E-state index in [-0.39, 0.29) is 12.4 Å². The number of halogens is 1. The molecule has 0 fully saturated rings. The Morgan fingerprint density at radius 1 is 1.22 bits per heavy atom. The van der Waals surface area contributed by atoms with Gasteiger partial charge in [0.05, 0.1) is 11.4 Å². The van der Waals surface area contributed by atoms with E-state index in [4.69, 9.17) is 16.3 Å². The number of hydrogen-bond donors (Lipinski definition) is 0. The van der Waals surface area contributed by atoms with Gasteiger partial charge in [-0.2, -0.15) is 0 Å². The lowest BCUT2D eigenvalue weighted by atomic mass is 10.1. The van der Waals surface area contributed by atoms with Crippen molar-refractivity contribution in [3.05, 3.63) is 45.7 Å². The van der Waals surface area contributed by atoms with Crippen LogP contribution < -0.4 is 4.74 Å². The maximum absolute atomic E-state index is 12.1. The van der Waals surface area contributed by atoms with Crippen LogP contribution in [-0.4, -0.2) is 22.2 Å². The number of nitrogens with zero attached hydrogens (tertiary/aromatic N) is 2. The zero-order chi connectivity index (χ0) is 17.0. The summed E-state index contributed by atoms with van der Waals surface area (Å²) in [4.78, 5) is 20.9. The molecule has 122 valence electrons. The first-order valence-electron chi connectivity index (χ1n) is 7.25. The van der Waals surface area contributed by atoms with Crippen LogP contribution >= 0.6 is 23.4 Å². The molecule has 0 aliphatic carbocycles. The Balaban J connectivity index is 2.03. The lowest BCUT2D eigenvalue weighted by molar-refractivity contribution is -0.134. The molecule has 0 unspecified atom stereocenters. The molecule has 2 rings (SSSR count). The van der Waals surface area contributed by atoms with Gasteiger partial charge in [0, 0.05) is 11.4 Å². The molecule has 1 heterocycles. The summed E-state index contributed by atoms with van der Waals surface area (Å²) in [5.41, 5.74) is 3.80. The highest BCUT2D eigenvalue weighted by Gasteiger charge is 2.13. The van der Waals surface area contributed by atoms with Crippen molar-refractivity contribution < 1.29 is 9.53 Å². The minimum atomic E-state index is -0.315. The number of esters is 1. The highest BCUT2D eigenvalue weighted by atomic mass is 35.5. The van der Waals surface area contributed by atoms with Gasteiger partial charge < -0.3 is 4.74 Å². The molecule has 23 heavy (non-hydrogen) atoms. The highest BCUT2D eigenvalue weighted by Crippen LogP contribution is 2.26. The molecule has 0 radical (unpaired) electrons. The molecule has 0 N–H and O–H groups in total. The van der Waals surface area contributed by atoms with E-state index < -0.39 is 0 Å². The number of carbonyl (C=O) groups excluding carboxylic acids is 1. The van der Waals surface area contributed by atoms with E-state index >= 15 is 0 Å². The maximum Gasteiger partial charge on any atom is 0.311 e. The highest BCUT2D eigenvalue weighted by molar-refractivity contribution is 7.98. The second kappa shape index (κ2) is 7.79. The molecule has 4 nitrogen and oxygen atoms in total. The van der Waals surface area contributed by atoms with Gasteiger partial charge in [-0.15, -0.1) is 0 Å². The Labute approximate surface area is 145 Å². The van der Waals surface area contributed by atoms with E-state index in [1.807, 2.05) is 33.1 Å². The second-order valence-corrected chi connectivity index (χ2v) is 6.45. The van der Waals surface area contributed by atoms with Crippen LogP contribution in [0.25, 0.3) is 0 Å². The van der Waals surface area contributed by atoms with Crippen molar-refractivity contribution in [3.63, 3.8) is 0 Å². The van der Waals surface area contributed by atoms with Gasteiger partial charge in [0.2, 0.25) is 0 Å². The summed E-state index contributed by atoms with van der Waals surface area (Å²) in [6.07, 6.45) is 2.75. The molecule has 6 heteroatoms. The number of benzene rings is 1. The van der Waals surface area contributed by atoms with Gasteiger partial charge in [0.15, 0.2) is 5.16 Å². The predicted octanol–water partition coefficient (Wildman–Crippen LogP) is 4.32. The largest absolute Gasteiger partial charge is 0.425 e. The fourth-order valence-electron chi connectivity index (χ4n) is 2.25. The molecule has 0 spiro atoms. The average Bonchev–Trinajstić information content (AvgIpc) is 2.49. The number of aromatic nitrogens is 2. The smallest absolute Gasteiger partial charge is 0.311 e. The van der Waals surface area contributed by atoms with Crippen LogP contribution in [0.1, 0.15) is 28.9 Å². The number of ether oxygens (including phenoxy) is 1. The Morgan fingerprint density at radius 3 is 2.48 bits per heavy atom. The number of aryl methyl sites for hydroxylation is 3. The van der Waals surface area contributed by atoms with Gasteiger partial charge in [-0.3, -0.25) is 4.79 Å². The summed E-state index contributed by atoms with van der Waals surface area (Å²) in [5, 5.41) is 1.18. The molecule has 0 saturated heterocycles. The second-order valence-electron chi connectivity index (χ2n) is 5.27. The van der Waals surface area contributed by atoms with E-state index in [0.717, 1.165) is 27.7 Å². The number of hydrogen-bond acceptors (Lipinski definition) is 5. The molecule has 0 saturated carbocycles. The summed E-state index contributed by atoms with van der Waals surface area (Å²) in [6, 6.07) is 5.35. The van der Waals surface area contributed by atoms with Crippen molar-refractivity contribution in [2.45, 2.75) is 38.8 Å². The Hall–Kier alpha value is -1.59. The first-order valence-corrected chi connectivity index (χ1v) is 8.86. The fraction of sp³-hybridized carbons (Fsp3) is 0.353. The van der Waals surface area contributed by atoms with Crippen LogP contribution in [0.2, 0.25) is 5.02 Å².